The Morgan fingerprint density at radius 2 is 1.93 bits per heavy atom. The van der Waals surface area contributed by atoms with Crippen LogP contribution in [0.15, 0.2) is 12.2 Å². The van der Waals surface area contributed by atoms with Crippen LogP contribution in [-0.4, -0.2) is 22.4 Å². The molecule has 3 atom stereocenters. The summed E-state index contributed by atoms with van der Waals surface area (Å²) < 4.78 is 5.98. The number of aliphatic hydroxyl groups is 1. The Labute approximate surface area is 92.3 Å². The van der Waals surface area contributed by atoms with Gasteiger partial charge >= 0.3 is 0 Å². The van der Waals surface area contributed by atoms with Gasteiger partial charge in [0.25, 0.3) is 0 Å². The van der Waals surface area contributed by atoms with Crippen molar-refractivity contribution in [3.63, 3.8) is 0 Å². The number of aliphatic hydroxyl groups excluding tert-OH is 1. The van der Waals surface area contributed by atoms with E-state index in [9.17, 15) is 5.11 Å². The molecule has 0 amide bonds. The monoisotopic (exact) mass is 210 g/mol. The Balaban J connectivity index is 2.33. The van der Waals surface area contributed by atoms with Gasteiger partial charge in [-0.05, 0) is 38.5 Å². The minimum Gasteiger partial charge on any atom is -0.386 e. The summed E-state index contributed by atoms with van der Waals surface area (Å²) in [5, 5.41) is 10.3. The molecule has 1 saturated carbocycles. The third-order valence-electron chi connectivity index (χ3n) is 4.38. The highest BCUT2D eigenvalue weighted by atomic mass is 16.6. The fourth-order valence-corrected chi connectivity index (χ4v) is 3.57. The number of rotatable bonds is 2. The smallest absolute Gasteiger partial charge is 0.132 e. The SMILES string of the molecule is CC=CC(O)[C@]12O[C@@]1(C)CCCC2(C)C. The highest BCUT2D eigenvalue weighted by molar-refractivity contribution is 5.28. The summed E-state index contributed by atoms with van der Waals surface area (Å²) in [5.41, 5.74) is -0.378. The first-order valence-electron chi connectivity index (χ1n) is 5.91. The van der Waals surface area contributed by atoms with Gasteiger partial charge in [-0.2, -0.15) is 0 Å². The molecule has 1 saturated heterocycles. The summed E-state index contributed by atoms with van der Waals surface area (Å²) in [6.07, 6.45) is 6.71. The molecule has 15 heavy (non-hydrogen) atoms. The van der Waals surface area contributed by atoms with Crippen molar-refractivity contribution in [2.24, 2.45) is 5.41 Å². The zero-order valence-corrected chi connectivity index (χ0v) is 10.2. The molecule has 1 aliphatic heterocycles. The largest absolute Gasteiger partial charge is 0.386 e. The molecule has 86 valence electrons. The quantitative estimate of drug-likeness (QED) is 0.561. The van der Waals surface area contributed by atoms with Crippen LogP contribution in [0.3, 0.4) is 0 Å². The Kier molecular flexibility index (Phi) is 2.29. The number of fused-ring (bicyclic) bond motifs is 1. The summed E-state index contributed by atoms with van der Waals surface area (Å²) in [4.78, 5) is 0. The number of ether oxygens (including phenoxy) is 1. The molecule has 2 nitrogen and oxygen atoms in total. The van der Waals surface area contributed by atoms with Crippen LogP contribution >= 0.6 is 0 Å². The molecule has 2 rings (SSSR count). The van der Waals surface area contributed by atoms with Crippen molar-refractivity contribution in [3.8, 4) is 0 Å². The van der Waals surface area contributed by atoms with Crippen molar-refractivity contribution in [3.05, 3.63) is 12.2 Å². The van der Waals surface area contributed by atoms with Gasteiger partial charge in [-0.3, -0.25) is 0 Å². The maximum Gasteiger partial charge on any atom is 0.132 e. The van der Waals surface area contributed by atoms with Crippen molar-refractivity contribution in [2.45, 2.75) is 64.3 Å². The van der Waals surface area contributed by atoms with Gasteiger partial charge in [0, 0.05) is 0 Å². The van der Waals surface area contributed by atoms with Crippen LogP contribution in [0.5, 0.6) is 0 Å². The van der Waals surface area contributed by atoms with Gasteiger partial charge in [0.1, 0.15) is 11.7 Å². The summed E-state index contributed by atoms with van der Waals surface area (Å²) in [7, 11) is 0. The van der Waals surface area contributed by atoms with Crippen molar-refractivity contribution in [2.75, 3.05) is 0 Å². The lowest BCUT2D eigenvalue weighted by atomic mass is 9.62. The van der Waals surface area contributed by atoms with E-state index in [4.69, 9.17) is 4.74 Å². The minimum atomic E-state index is -0.470. The van der Waals surface area contributed by atoms with E-state index in [1.54, 1.807) is 0 Å². The molecule has 1 aliphatic carbocycles. The molecule has 0 bridgehead atoms. The number of allylic oxidation sites excluding steroid dienone is 1. The summed E-state index contributed by atoms with van der Waals surface area (Å²) in [6.45, 7) is 8.50. The first-order chi connectivity index (χ1) is 6.90. The highest BCUT2D eigenvalue weighted by Gasteiger charge is 2.77. The summed E-state index contributed by atoms with van der Waals surface area (Å²) >= 11 is 0. The number of epoxide rings is 1. The Morgan fingerprint density at radius 1 is 1.27 bits per heavy atom. The van der Waals surface area contributed by atoms with Gasteiger partial charge in [-0.25, -0.2) is 0 Å². The van der Waals surface area contributed by atoms with E-state index in [1.165, 1.54) is 6.42 Å². The van der Waals surface area contributed by atoms with Gasteiger partial charge in [0.2, 0.25) is 0 Å². The lowest BCUT2D eigenvalue weighted by Crippen LogP contribution is -2.50. The average molecular weight is 210 g/mol. The fraction of sp³-hybridized carbons (Fsp3) is 0.846. The van der Waals surface area contributed by atoms with Crippen LogP contribution in [0.4, 0.5) is 0 Å². The van der Waals surface area contributed by atoms with E-state index >= 15 is 0 Å². The predicted molar refractivity (Wildman–Crippen MR) is 60.7 cm³/mol. The molecular weight excluding hydrogens is 188 g/mol. The second kappa shape index (κ2) is 3.08. The molecular formula is C13H22O2. The van der Waals surface area contributed by atoms with Crippen LogP contribution < -0.4 is 0 Å². The van der Waals surface area contributed by atoms with Gasteiger partial charge in [0.05, 0.1) is 5.60 Å². The molecule has 1 heterocycles. The molecule has 2 fully saturated rings. The van der Waals surface area contributed by atoms with Crippen molar-refractivity contribution < 1.29 is 9.84 Å². The van der Waals surface area contributed by atoms with E-state index in [0.717, 1.165) is 12.8 Å². The molecule has 2 aliphatic rings. The topological polar surface area (TPSA) is 32.8 Å². The third kappa shape index (κ3) is 1.24. The predicted octanol–water partition coefficient (Wildman–Crippen LogP) is 2.66. The Bertz CT molecular complexity index is 295. The summed E-state index contributed by atoms with van der Waals surface area (Å²) in [5.74, 6) is 0. The zero-order valence-electron chi connectivity index (χ0n) is 10.2. The second-order valence-corrected chi connectivity index (χ2v) is 5.78. The van der Waals surface area contributed by atoms with Gasteiger partial charge in [-0.1, -0.05) is 26.0 Å². The molecule has 0 aromatic rings. The van der Waals surface area contributed by atoms with Crippen molar-refractivity contribution in [1.29, 1.82) is 0 Å². The van der Waals surface area contributed by atoms with Gasteiger partial charge in [-0.15, -0.1) is 0 Å². The number of hydrogen-bond donors (Lipinski definition) is 1. The minimum absolute atomic E-state index is 0.0684. The van der Waals surface area contributed by atoms with Gasteiger partial charge in [0.15, 0.2) is 0 Å². The van der Waals surface area contributed by atoms with Crippen LogP contribution in [0.1, 0.15) is 47.0 Å². The standard InChI is InChI=1S/C13H22O2/c1-5-7-10(14)13-11(2,3)8-6-9-12(13,4)15-13/h5,7,10,14H,6,8-9H2,1-4H3/t10?,12-,13+/m0/s1. The van der Waals surface area contributed by atoms with Crippen molar-refractivity contribution >= 4 is 0 Å². The average Bonchev–Trinajstić information content (AvgIpc) is 2.75. The van der Waals surface area contributed by atoms with Crippen LogP contribution in [0, 0.1) is 5.41 Å². The van der Waals surface area contributed by atoms with Crippen LogP contribution in [-0.2, 0) is 4.74 Å². The molecule has 0 aromatic carbocycles. The Hall–Kier alpha value is -0.340. The maximum absolute atomic E-state index is 10.3. The lowest BCUT2D eigenvalue weighted by molar-refractivity contribution is 0.0185. The van der Waals surface area contributed by atoms with E-state index < -0.39 is 6.10 Å². The molecule has 0 spiro atoms. The lowest BCUT2D eigenvalue weighted by Gasteiger charge is -2.40. The molecule has 0 aromatic heterocycles. The number of hydrogen-bond acceptors (Lipinski definition) is 2. The van der Waals surface area contributed by atoms with Crippen LogP contribution in [0.25, 0.3) is 0 Å². The molecule has 1 unspecified atom stereocenters. The normalized spacial score (nSPS) is 45.1. The third-order valence-corrected chi connectivity index (χ3v) is 4.38. The highest BCUT2D eigenvalue weighted by Crippen LogP contribution is 2.66. The van der Waals surface area contributed by atoms with Crippen molar-refractivity contribution in [1.82, 2.24) is 0 Å². The molecule has 2 heteroatoms. The molecule has 1 N–H and O–H groups in total. The zero-order chi connectivity index (χ0) is 11.3. The second-order valence-electron chi connectivity index (χ2n) is 5.78. The maximum atomic E-state index is 10.3. The van der Waals surface area contributed by atoms with Gasteiger partial charge < -0.3 is 9.84 Å². The first kappa shape index (κ1) is 11.2. The van der Waals surface area contributed by atoms with Crippen LogP contribution in [0.2, 0.25) is 0 Å². The van der Waals surface area contributed by atoms with E-state index in [2.05, 4.69) is 20.8 Å². The van der Waals surface area contributed by atoms with E-state index in [-0.39, 0.29) is 16.6 Å². The fourth-order valence-electron chi connectivity index (χ4n) is 3.57. The molecule has 0 radical (unpaired) electrons. The van der Waals surface area contributed by atoms with E-state index in [0.29, 0.717) is 0 Å². The van der Waals surface area contributed by atoms with E-state index in [1.807, 2.05) is 19.1 Å². The first-order valence-corrected chi connectivity index (χ1v) is 5.91. The Morgan fingerprint density at radius 3 is 2.47 bits per heavy atom. The summed E-state index contributed by atoms with van der Waals surface area (Å²) in [6, 6.07) is 0.